The Hall–Kier alpha value is -8.04. The Labute approximate surface area is 530 Å². The number of amides is 5. The van der Waals surface area contributed by atoms with Crippen LogP contribution in [0.15, 0.2) is 60.8 Å². The lowest BCUT2D eigenvalue weighted by Gasteiger charge is -2.35. The zero-order chi connectivity index (χ0) is 64.1. The predicted molar refractivity (Wildman–Crippen MR) is 330 cm³/mol. The number of aromatic nitrogens is 3. The van der Waals surface area contributed by atoms with Gasteiger partial charge in [0.05, 0.1) is 120 Å². The number of imide groups is 2. The fourth-order valence-corrected chi connectivity index (χ4v) is 13.0. The third-order valence-electron chi connectivity index (χ3n) is 17.2. The molecule has 92 heavy (non-hydrogen) atoms. The number of nitrogens with one attached hydrogen (secondary N) is 4. The van der Waals surface area contributed by atoms with Crippen molar-refractivity contribution in [3.05, 3.63) is 89.1 Å². The van der Waals surface area contributed by atoms with E-state index in [1.165, 1.54) is 30.5 Å². The smallest absolute Gasteiger partial charge is 0.407 e. The molecule has 490 valence electrons. The number of terminal acetylenes is 1. The van der Waals surface area contributed by atoms with Crippen LogP contribution in [0, 0.1) is 24.0 Å². The van der Waals surface area contributed by atoms with Gasteiger partial charge in [0.2, 0.25) is 11.8 Å². The van der Waals surface area contributed by atoms with Crippen LogP contribution in [0.4, 0.5) is 25.1 Å². The number of fused-ring (bicyclic) bond motifs is 6. The van der Waals surface area contributed by atoms with Crippen LogP contribution >= 0.6 is 0 Å². The predicted octanol–water partition coefficient (Wildman–Crippen LogP) is 4.65. The molecule has 25 nitrogen and oxygen atoms in total. The fourth-order valence-electron chi connectivity index (χ4n) is 13.0. The Morgan fingerprint density at radius 1 is 0.804 bits per heavy atom. The zero-order valence-corrected chi connectivity index (χ0v) is 51.1. The minimum Gasteiger partial charge on any atom is -0.508 e. The molecule has 5 atom stereocenters. The number of benzene rings is 3. The number of piperazine rings is 1. The van der Waals surface area contributed by atoms with Crippen LogP contribution in [0.1, 0.15) is 71.2 Å². The standard InChI is InChI=1S/C65H76F2N10O15/c1-3-46-50(66)10-7-41-31-45(78)32-48(54(41)46)57-56(67)58-49(34-70-57)59(75-36-42-8-9-43(37-75)71-42)74-63(73-58)92-39-65-14-13-44(76(65)35-40(2)33-65)38-91-64(83)69-16-18-85-20-22-87-24-26-89-28-30-90-29-27-88-25-23-86-21-19-84-17-15-68-51-6-4-5-47-55(51)62(82)77(61(47)81)52-11-12-53(79)72-60(52)80/h1,4-7,10,31-32,34,42-44,52,68,71,78H,2,8-9,11-30,33,35-39H2,(H,69,83)(H,72,79,80)/t42?,43?,44-,52?,65-/m0/s1. The summed E-state index contributed by atoms with van der Waals surface area (Å²) in [5, 5.41) is 23.5. The number of piperidine rings is 1. The summed E-state index contributed by atoms with van der Waals surface area (Å²) in [5.74, 6) is -0.989. The van der Waals surface area contributed by atoms with Crippen LogP contribution in [0.5, 0.6) is 11.8 Å². The van der Waals surface area contributed by atoms with Crippen molar-refractivity contribution < 1.29 is 80.5 Å². The SMILES string of the molecule is C#Cc1c(F)ccc2cc(O)cc(-c3ncc4c(N5CC6CCC(C5)N6)nc(OC[C@@]56CC[C@@H](COC(=O)NCCOCCOCCOCCOCCOCCOCCOCCNc7cccc8c7C(=O)N(C7CCC(=O)NC7=O)C8=O)N5CC(=C)C6)nc4c3F)c12. The molecule has 0 spiro atoms. The summed E-state index contributed by atoms with van der Waals surface area (Å²) < 4.78 is 83.6. The van der Waals surface area contributed by atoms with E-state index in [1.54, 1.807) is 18.2 Å². The van der Waals surface area contributed by atoms with Gasteiger partial charge in [-0.3, -0.25) is 39.3 Å². The molecular formula is C65H76F2N10O15. The first kappa shape index (κ1) is 65.5. The number of carbonyl (C=O) groups excluding carboxylic acids is 5. The van der Waals surface area contributed by atoms with E-state index in [2.05, 4.69) is 53.5 Å². The highest BCUT2D eigenvalue weighted by Gasteiger charge is 2.52. The second-order valence-corrected chi connectivity index (χ2v) is 23.4. The first-order valence-corrected chi connectivity index (χ1v) is 31.2. The molecule has 5 saturated heterocycles. The minimum atomic E-state index is -1.03. The first-order chi connectivity index (χ1) is 44.8. The lowest BCUT2D eigenvalue weighted by Crippen LogP contribution is -2.54. The molecule has 6 aliphatic heterocycles. The van der Waals surface area contributed by atoms with Crippen LogP contribution in [0.3, 0.4) is 0 Å². The molecule has 0 aliphatic carbocycles. The van der Waals surface area contributed by atoms with E-state index >= 15 is 8.78 Å². The summed E-state index contributed by atoms with van der Waals surface area (Å²) in [4.78, 5) is 82.6. The Balaban J connectivity index is 0.518. The summed E-state index contributed by atoms with van der Waals surface area (Å²) in [6.07, 6.45) is 11.0. The average Bonchev–Trinajstić information content (AvgIpc) is 1.05. The van der Waals surface area contributed by atoms with Crippen LogP contribution in [0.25, 0.3) is 32.9 Å². The first-order valence-electron chi connectivity index (χ1n) is 31.2. The highest BCUT2D eigenvalue weighted by atomic mass is 19.1. The van der Waals surface area contributed by atoms with Crippen LogP contribution < -0.4 is 30.9 Å². The van der Waals surface area contributed by atoms with Gasteiger partial charge in [-0.05, 0) is 74.2 Å². The van der Waals surface area contributed by atoms with E-state index < -0.39 is 52.9 Å². The van der Waals surface area contributed by atoms with Crippen molar-refractivity contribution in [2.45, 2.75) is 74.7 Å². The largest absolute Gasteiger partial charge is 0.508 e. The maximum Gasteiger partial charge on any atom is 0.407 e. The van der Waals surface area contributed by atoms with E-state index in [4.69, 9.17) is 54.0 Å². The molecule has 6 aliphatic rings. The Kier molecular flexibility index (Phi) is 21.8. The van der Waals surface area contributed by atoms with Crippen molar-refractivity contribution in [3.63, 3.8) is 0 Å². The molecular weight excluding hydrogens is 1200 g/mol. The number of ether oxygens (including phenoxy) is 9. The zero-order valence-electron chi connectivity index (χ0n) is 51.1. The molecule has 0 saturated carbocycles. The number of hydrogen-bond donors (Lipinski definition) is 5. The van der Waals surface area contributed by atoms with Crippen molar-refractivity contribution >= 4 is 62.9 Å². The van der Waals surface area contributed by atoms with Gasteiger partial charge in [-0.2, -0.15) is 9.97 Å². The lowest BCUT2D eigenvalue weighted by molar-refractivity contribution is -0.136. The van der Waals surface area contributed by atoms with E-state index in [-0.39, 0.29) is 108 Å². The second-order valence-electron chi connectivity index (χ2n) is 23.4. The van der Waals surface area contributed by atoms with Gasteiger partial charge < -0.3 is 68.6 Å². The summed E-state index contributed by atoms with van der Waals surface area (Å²) in [6.45, 7) is 12.2. The molecule has 5 N–H and O–H groups in total. The van der Waals surface area contributed by atoms with Gasteiger partial charge in [-0.1, -0.05) is 30.2 Å². The average molecular weight is 1280 g/mol. The maximum absolute atomic E-state index is 17.2. The number of phenolic OH excluding ortho intramolecular Hbond substituents is 1. The summed E-state index contributed by atoms with van der Waals surface area (Å²) in [5.41, 5.74) is 1.19. The number of phenols is 1. The monoisotopic (exact) mass is 1270 g/mol. The van der Waals surface area contributed by atoms with Crippen molar-refractivity contribution in [2.24, 2.45) is 0 Å². The highest BCUT2D eigenvalue weighted by molar-refractivity contribution is 6.25. The van der Waals surface area contributed by atoms with Crippen molar-refractivity contribution in [1.82, 2.24) is 40.7 Å². The molecule has 2 bridgehead atoms. The van der Waals surface area contributed by atoms with E-state index in [9.17, 15) is 29.1 Å². The normalized spacial score (nSPS) is 21.1. The van der Waals surface area contributed by atoms with Crippen molar-refractivity contribution in [2.75, 3.05) is 149 Å². The number of rotatable bonds is 33. The van der Waals surface area contributed by atoms with E-state index in [1.807, 2.05) is 0 Å². The quantitative estimate of drug-likeness (QED) is 0.0165. The van der Waals surface area contributed by atoms with Crippen LogP contribution in [-0.4, -0.2) is 228 Å². The molecule has 5 fully saturated rings. The van der Waals surface area contributed by atoms with Gasteiger partial charge in [0, 0.05) is 80.1 Å². The lowest BCUT2D eigenvalue weighted by atomic mass is 9.94. The summed E-state index contributed by atoms with van der Waals surface area (Å²) in [6, 6.07) is 9.63. The number of anilines is 2. The van der Waals surface area contributed by atoms with Gasteiger partial charge >= 0.3 is 12.1 Å². The van der Waals surface area contributed by atoms with Crippen molar-refractivity contribution in [3.8, 4) is 35.4 Å². The Morgan fingerprint density at radius 2 is 1.47 bits per heavy atom. The molecule has 3 unspecified atom stereocenters. The van der Waals surface area contributed by atoms with E-state index in [0.717, 1.165) is 36.2 Å². The minimum absolute atomic E-state index is 0.0224. The second kappa shape index (κ2) is 30.6. The molecule has 11 rings (SSSR count). The molecule has 5 aromatic rings. The van der Waals surface area contributed by atoms with Gasteiger partial charge in [0.1, 0.15) is 47.9 Å². The molecule has 5 amide bonds. The molecule has 27 heteroatoms. The number of nitrogens with zero attached hydrogens (tertiary/aromatic N) is 6. The number of pyridine rings is 1. The fraction of sp³-hybridized carbons (Fsp3) is 0.508. The number of alkyl carbamates (subject to hydrolysis) is 1. The molecule has 3 aromatic carbocycles. The van der Waals surface area contributed by atoms with Crippen LogP contribution in [0.2, 0.25) is 0 Å². The van der Waals surface area contributed by atoms with Crippen LogP contribution in [-0.2, 0) is 47.5 Å². The number of aromatic hydroxyl groups is 1. The van der Waals surface area contributed by atoms with Gasteiger partial charge in [0.25, 0.3) is 11.8 Å². The maximum atomic E-state index is 17.2. The van der Waals surface area contributed by atoms with Gasteiger partial charge in [0.15, 0.2) is 5.82 Å². The van der Waals surface area contributed by atoms with Gasteiger partial charge in [-0.15, -0.1) is 6.42 Å². The molecule has 2 aromatic heterocycles. The third-order valence-corrected chi connectivity index (χ3v) is 17.2. The Morgan fingerprint density at radius 3 is 2.13 bits per heavy atom. The number of carbonyl (C=O) groups is 5. The topological polar surface area (TPSA) is 285 Å². The highest BCUT2D eigenvalue weighted by Crippen LogP contribution is 2.45. The number of halogens is 2. The van der Waals surface area contributed by atoms with Crippen molar-refractivity contribution in [1.29, 1.82) is 0 Å². The molecule has 8 heterocycles. The van der Waals surface area contributed by atoms with Gasteiger partial charge in [-0.25, -0.2) is 13.6 Å². The summed E-state index contributed by atoms with van der Waals surface area (Å²) in [7, 11) is 0. The summed E-state index contributed by atoms with van der Waals surface area (Å²) >= 11 is 0. The number of hydrogen-bond acceptors (Lipinski definition) is 22. The third kappa shape index (κ3) is 15.2. The van der Waals surface area contributed by atoms with E-state index in [0.29, 0.717) is 141 Å². The molecule has 0 radical (unpaired) electrons. The Bertz CT molecular complexity index is 3580.